The zero-order valence-corrected chi connectivity index (χ0v) is 16.3. The van der Waals surface area contributed by atoms with Crippen molar-refractivity contribution in [1.29, 1.82) is 0 Å². The molecular weight excluding hydrogens is 358 g/mol. The zero-order valence-electron chi connectivity index (χ0n) is 15.5. The van der Waals surface area contributed by atoms with Gasteiger partial charge in [0.05, 0.1) is 17.5 Å². The van der Waals surface area contributed by atoms with E-state index in [1.807, 2.05) is 61.5 Å². The van der Waals surface area contributed by atoms with E-state index < -0.39 is 0 Å². The molecule has 0 aliphatic rings. The van der Waals surface area contributed by atoms with Gasteiger partial charge in [-0.15, -0.1) is 5.10 Å². The van der Waals surface area contributed by atoms with Gasteiger partial charge < -0.3 is 5.32 Å². The Morgan fingerprint density at radius 1 is 1.15 bits per heavy atom. The molecule has 7 heteroatoms. The number of thioether (sulfide) groups is 1. The number of tetrazole rings is 1. The third-order valence-electron chi connectivity index (χ3n) is 4.17. The third kappa shape index (κ3) is 5.17. The second-order valence-electron chi connectivity index (χ2n) is 6.32. The van der Waals surface area contributed by atoms with Crippen molar-refractivity contribution in [3.63, 3.8) is 0 Å². The molecule has 3 aromatic rings. The number of aromatic nitrogens is 4. The highest BCUT2D eigenvalue weighted by atomic mass is 32.2. The Bertz CT molecular complexity index is 864. The molecule has 3 rings (SSSR count). The number of hydrogen-bond donors (Lipinski definition) is 1. The fraction of sp³-hybridized carbons (Fsp3) is 0.300. The second-order valence-corrected chi connectivity index (χ2v) is 7.26. The second kappa shape index (κ2) is 9.32. The van der Waals surface area contributed by atoms with Crippen molar-refractivity contribution in [2.24, 2.45) is 0 Å². The topological polar surface area (TPSA) is 72.7 Å². The van der Waals surface area contributed by atoms with Crippen molar-refractivity contribution in [1.82, 2.24) is 25.5 Å². The van der Waals surface area contributed by atoms with E-state index in [1.165, 1.54) is 17.3 Å². The van der Waals surface area contributed by atoms with Crippen molar-refractivity contribution in [2.75, 3.05) is 5.75 Å². The highest BCUT2D eigenvalue weighted by Crippen LogP contribution is 2.21. The molecule has 1 heterocycles. The highest BCUT2D eigenvalue weighted by molar-refractivity contribution is 7.99. The predicted molar refractivity (Wildman–Crippen MR) is 107 cm³/mol. The Morgan fingerprint density at radius 3 is 2.59 bits per heavy atom. The SMILES string of the molecule is CCC[C@H](NC(=O)CSc1nnnn1-c1ccc(C)cc1)c1ccccc1. The fourth-order valence-corrected chi connectivity index (χ4v) is 3.48. The van der Waals surface area contributed by atoms with Gasteiger partial charge >= 0.3 is 0 Å². The number of nitrogens with one attached hydrogen (secondary N) is 1. The van der Waals surface area contributed by atoms with Crippen LogP contribution in [0.3, 0.4) is 0 Å². The molecule has 0 aliphatic heterocycles. The van der Waals surface area contributed by atoms with Crippen LogP contribution in [0.15, 0.2) is 59.8 Å². The maximum absolute atomic E-state index is 12.5. The summed E-state index contributed by atoms with van der Waals surface area (Å²) in [6.07, 6.45) is 1.90. The van der Waals surface area contributed by atoms with Crippen LogP contribution in [0.25, 0.3) is 5.69 Å². The van der Waals surface area contributed by atoms with Gasteiger partial charge in [0, 0.05) is 0 Å². The molecule has 140 valence electrons. The van der Waals surface area contributed by atoms with Gasteiger partial charge in [-0.25, -0.2) is 0 Å². The molecule has 0 aliphatic carbocycles. The van der Waals surface area contributed by atoms with E-state index in [-0.39, 0.29) is 17.7 Å². The van der Waals surface area contributed by atoms with Crippen LogP contribution in [0.4, 0.5) is 0 Å². The van der Waals surface area contributed by atoms with Crippen molar-refractivity contribution in [3.8, 4) is 5.69 Å². The van der Waals surface area contributed by atoms with E-state index in [4.69, 9.17) is 0 Å². The van der Waals surface area contributed by atoms with Crippen LogP contribution < -0.4 is 5.32 Å². The number of amides is 1. The summed E-state index contributed by atoms with van der Waals surface area (Å²) < 4.78 is 1.65. The van der Waals surface area contributed by atoms with Crippen molar-refractivity contribution in [2.45, 2.75) is 37.9 Å². The molecule has 27 heavy (non-hydrogen) atoms. The first-order valence-electron chi connectivity index (χ1n) is 9.00. The number of rotatable bonds is 8. The Hall–Kier alpha value is -2.67. The summed E-state index contributed by atoms with van der Waals surface area (Å²) in [5.41, 5.74) is 3.17. The first-order chi connectivity index (χ1) is 13.2. The molecule has 1 aromatic heterocycles. The number of nitrogens with zero attached hydrogens (tertiary/aromatic N) is 4. The van der Waals surface area contributed by atoms with Gasteiger partial charge in [0.15, 0.2) is 0 Å². The summed E-state index contributed by atoms with van der Waals surface area (Å²) in [5, 5.41) is 15.6. The van der Waals surface area contributed by atoms with Crippen molar-refractivity contribution < 1.29 is 4.79 Å². The van der Waals surface area contributed by atoms with Crippen LogP contribution in [0.5, 0.6) is 0 Å². The minimum absolute atomic E-state index is 0.0254. The summed E-state index contributed by atoms with van der Waals surface area (Å²) >= 11 is 1.33. The normalized spacial score (nSPS) is 11.9. The van der Waals surface area contributed by atoms with Crippen LogP contribution in [0, 0.1) is 6.92 Å². The van der Waals surface area contributed by atoms with Crippen LogP contribution in [-0.2, 0) is 4.79 Å². The standard InChI is InChI=1S/C20H23N5OS/c1-3-7-18(16-8-5-4-6-9-16)21-19(26)14-27-20-22-23-24-25(20)17-12-10-15(2)11-13-17/h4-6,8-13,18H,3,7,14H2,1-2H3,(H,21,26)/t18-/m0/s1. The monoisotopic (exact) mass is 381 g/mol. The van der Waals surface area contributed by atoms with Gasteiger partial charge in [0.2, 0.25) is 11.1 Å². The lowest BCUT2D eigenvalue weighted by Crippen LogP contribution is -2.30. The molecule has 0 unspecified atom stereocenters. The summed E-state index contributed by atoms with van der Waals surface area (Å²) in [4.78, 5) is 12.5. The molecule has 0 bridgehead atoms. The van der Waals surface area contributed by atoms with Gasteiger partial charge in [-0.1, -0.05) is 73.1 Å². The highest BCUT2D eigenvalue weighted by Gasteiger charge is 2.16. The fourth-order valence-electron chi connectivity index (χ4n) is 2.78. The minimum atomic E-state index is -0.0271. The Morgan fingerprint density at radius 2 is 1.89 bits per heavy atom. The minimum Gasteiger partial charge on any atom is -0.349 e. The van der Waals surface area contributed by atoms with Gasteiger partial charge in [0.1, 0.15) is 0 Å². The number of hydrogen-bond acceptors (Lipinski definition) is 5. The van der Waals surface area contributed by atoms with Crippen molar-refractivity contribution in [3.05, 3.63) is 65.7 Å². The molecule has 0 radical (unpaired) electrons. The largest absolute Gasteiger partial charge is 0.349 e. The Labute approximate surface area is 163 Å². The summed E-state index contributed by atoms with van der Waals surface area (Å²) in [5.74, 6) is 0.236. The molecule has 1 N–H and O–H groups in total. The molecule has 0 spiro atoms. The quantitative estimate of drug-likeness (QED) is 0.602. The van der Waals surface area contributed by atoms with Gasteiger partial charge in [0.25, 0.3) is 0 Å². The summed E-state index contributed by atoms with van der Waals surface area (Å²) in [6, 6.07) is 18.0. The van der Waals surface area contributed by atoms with E-state index in [2.05, 4.69) is 27.8 Å². The van der Waals surface area contributed by atoms with Crippen molar-refractivity contribution >= 4 is 17.7 Å². The number of carbonyl (C=O) groups is 1. The van der Waals surface area contributed by atoms with E-state index in [1.54, 1.807) is 4.68 Å². The zero-order chi connectivity index (χ0) is 19.1. The summed E-state index contributed by atoms with van der Waals surface area (Å²) in [7, 11) is 0. The lowest BCUT2D eigenvalue weighted by molar-refractivity contribution is -0.119. The summed E-state index contributed by atoms with van der Waals surface area (Å²) in [6.45, 7) is 4.15. The molecule has 1 atom stereocenters. The van der Waals surface area contributed by atoms with E-state index in [0.29, 0.717) is 5.16 Å². The first-order valence-corrected chi connectivity index (χ1v) is 9.98. The molecule has 6 nitrogen and oxygen atoms in total. The van der Waals surface area contributed by atoms with Crippen LogP contribution in [0.2, 0.25) is 0 Å². The van der Waals surface area contributed by atoms with Gasteiger partial charge in [-0.05, 0) is 41.5 Å². The third-order valence-corrected chi connectivity index (χ3v) is 5.09. The lowest BCUT2D eigenvalue weighted by atomic mass is 10.0. The van der Waals surface area contributed by atoms with Crippen LogP contribution in [0.1, 0.15) is 36.9 Å². The molecule has 0 saturated carbocycles. The van der Waals surface area contributed by atoms with Gasteiger partial charge in [-0.2, -0.15) is 4.68 Å². The van der Waals surface area contributed by atoms with Crippen LogP contribution in [-0.4, -0.2) is 31.9 Å². The number of benzene rings is 2. The number of carbonyl (C=O) groups excluding carboxylic acids is 1. The smallest absolute Gasteiger partial charge is 0.230 e. The Kier molecular flexibility index (Phi) is 6.59. The molecule has 1 amide bonds. The molecule has 0 saturated heterocycles. The first kappa shape index (κ1) is 19.1. The Balaban J connectivity index is 1.62. The number of aryl methyl sites for hydroxylation is 1. The maximum atomic E-state index is 12.5. The molecule has 0 fully saturated rings. The average molecular weight is 382 g/mol. The predicted octanol–water partition coefficient (Wildman–Crippen LogP) is 3.72. The van der Waals surface area contributed by atoms with E-state index in [9.17, 15) is 4.79 Å². The van der Waals surface area contributed by atoms with E-state index in [0.717, 1.165) is 24.1 Å². The van der Waals surface area contributed by atoms with Crippen LogP contribution >= 0.6 is 11.8 Å². The molecular formula is C20H23N5OS. The van der Waals surface area contributed by atoms with E-state index >= 15 is 0 Å². The lowest BCUT2D eigenvalue weighted by Gasteiger charge is -2.18. The average Bonchev–Trinajstić information content (AvgIpc) is 3.16. The maximum Gasteiger partial charge on any atom is 0.230 e. The molecule has 2 aromatic carbocycles. The van der Waals surface area contributed by atoms with Gasteiger partial charge in [-0.3, -0.25) is 4.79 Å².